The molecule has 2 heterocycles. The molecular weight excluding hydrogens is 308 g/mol. The molecule has 6 nitrogen and oxygen atoms in total. The number of hydrogen-bond acceptors (Lipinski definition) is 6. The van der Waals surface area contributed by atoms with Crippen LogP contribution in [0.5, 0.6) is 0 Å². The Hall–Kier alpha value is -2.61. The Bertz CT molecular complexity index is 806. The SMILES string of the molecule is Cc1cc(C(O)c2ccc(-c3noc(C(C)(F)F)n3)cc2)on1. The molecule has 1 unspecified atom stereocenters. The third kappa shape index (κ3) is 3.11. The summed E-state index contributed by atoms with van der Waals surface area (Å²) in [5, 5.41) is 17.4. The lowest BCUT2D eigenvalue weighted by Crippen LogP contribution is -2.07. The number of aliphatic hydroxyl groups excluding tert-OH is 1. The van der Waals surface area contributed by atoms with Crippen molar-refractivity contribution in [1.82, 2.24) is 15.3 Å². The van der Waals surface area contributed by atoms with E-state index in [1.54, 1.807) is 37.3 Å². The molecule has 3 aromatic rings. The van der Waals surface area contributed by atoms with Gasteiger partial charge in [-0.2, -0.15) is 13.8 Å². The highest BCUT2D eigenvalue weighted by molar-refractivity contribution is 5.55. The van der Waals surface area contributed by atoms with Crippen LogP contribution in [0.15, 0.2) is 39.4 Å². The molecule has 3 rings (SSSR count). The summed E-state index contributed by atoms with van der Waals surface area (Å²) in [5.74, 6) is -3.56. The van der Waals surface area contributed by atoms with Crippen molar-refractivity contribution in [1.29, 1.82) is 0 Å². The molecule has 0 aliphatic rings. The summed E-state index contributed by atoms with van der Waals surface area (Å²) in [6.07, 6.45) is -0.967. The molecule has 0 aliphatic heterocycles. The van der Waals surface area contributed by atoms with Crippen molar-refractivity contribution in [2.45, 2.75) is 25.9 Å². The maximum atomic E-state index is 13.1. The third-order valence-electron chi connectivity index (χ3n) is 3.20. The summed E-state index contributed by atoms with van der Waals surface area (Å²) in [4.78, 5) is 3.67. The van der Waals surface area contributed by atoms with E-state index in [2.05, 4.69) is 19.8 Å². The first-order valence-electron chi connectivity index (χ1n) is 6.78. The molecule has 0 fully saturated rings. The van der Waals surface area contributed by atoms with Crippen molar-refractivity contribution in [3.63, 3.8) is 0 Å². The molecule has 0 radical (unpaired) electrons. The van der Waals surface area contributed by atoms with Crippen LogP contribution in [0.2, 0.25) is 0 Å². The molecule has 2 aromatic heterocycles. The van der Waals surface area contributed by atoms with Gasteiger partial charge in [0, 0.05) is 18.6 Å². The average molecular weight is 321 g/mol. The van der Waals surface area contributed by atoms with E-state index < -0.39 is 17.9 Å². The standard InChI is InChI=1S/C15H13F2N3O3/c1-8-7-11(22-19-8)12(21)9-3-5-10(6-4-9)13-18-14(23-20-13)15(2,16)17/h3-7,12,21H,1-2H3. The predicted molar refractivity (Wildman–Crippen MR) is 74.6 cm³/mol. The van der Waals surface area contributed by atoms with E-state index in [9.17, 15) is 13.9 Å². The Labute approximate surface area is 129 Å². The molecule has 1 aromatic carbocycles. The molecule has 0 saturated carbocycles. The first-order chi connectivity index (χ1) is 10.8. The van der Waals surface area contributed by atoms with E-state index >= 15 is 0 Å². The molecule has 0 aliphatic carbocycles. The van der Waals surface area contributed by atoms with Crippen molar-refractivity contribution in [2.75, 3.05) is 0 Å². The maximum absolute atomic E-state index is 13.1. The van der Waals surface area contributed by atoms with Gasteiger partial charge in [0.15, 0.2) is 5.76 Å². The zero-order valence-electron chi connectivity index (χ0n) is 12.3. The van der Waals surface area contributed by atoms with Gasteiger partial charge >= 0.3 is 5.92 Å². The van der Waals surface area contributed by atoms with Crippen molar-refractivity contribution in [2.24, 2.45) is 0 Å². The van der Waals surface area contributed by atoms with Crippen molar-refractivity contribution in [3.05, 3.63) is 53.2 Å². The number of aromatic nitrogens is 3. The first kappa shape index (κ1) is 15.3. The highest BCUT2D eigenvalue weighted by atomic mass is 19.3. The zero-order valence-corrected chi connectivity index (χ0v) is 12.3. The van der Waals surface area contributed by atoms with Crippen LogP contribution in [0.4, 0.5) is 8.78 Å². The monoisotopic (exact) mass is 321 g/mol. The van der Waals surface area contributed by atoms with E-state index in [1.165, 1.54) is 0 Å². The molecular formula is C15H13F2N3O3. The quantitative estimate of drug-likeness (QED) is 0.794. The van der Waals surface area contributed by atoms with E-state index in [-0.39, 0.29) is 5.82 Å². The third-order valence-corrected chi connectivity index (χ3v) is 3.20. The second-order valence-corrected chi connectivity index (χ2v) is 5.21. The normalized spacial score (nSPS) is 13.3. The summed E-state index contributed by atoms with van der Waals surface area (Å²) in [6.45, 7) is 2.43. The number of halogens is 2. The van der Waals surface area contributed by atoms with E-state index in [0.29, 0.717) is 29.5 Å². The van der Waals surface area contributed by atoms with E-state index in [4.69, 9.17) is 4.52 Å². The van der Waals surface area contributed by atoms with Gasteiger partial charge in [0.2, 0.25) is 5.82 Å². The lowest BCUT2D eigenvalue weighted by atomic mass is 10.0. The average Bonchev–Trinajstić information content (AvgIpc) is 3.15. The minimum Gasteiger partial charge on any atom is -0.380 e. The first-order valence-corrected chi connectivity index (χ1v) is 6.78. The molecule has 8 heteroatoms. The van der Waals surface area contributed by atoms with Crippen molar-refractivity contribution < 1.29 is 22.9 Å². The van der Waals surface area contributed by atoms with E-state index in [1.807, 2.05) is 0 Å². The Morgan fingerprint density at radius 2 is 1.83 bits per heavy atom. The smallest absolute Gasteiger partial charge is 0.322 e. The predicted octanol–water partition coefficient (Wildman–Crippen LogP) is 3.23. The van der Waals surface area contributed by atoms with Crippen LogP contribution < -0.4 is 0 Å². The molecule has 1 atom stereocenters. The molecule has 1 N–H and O–H groups in total. The van der Waals surface area contributed by atoms with Gasteiger partial charge in [0.25, 0.3) is 5.89 Å². The molecule has 23 heavy (non-hydrogen) atoms. The Morgan fingerprint density at radius 3 is 2.35 bits per heavy atom. The number of aryl methyl sites for hydroxylation is 1. The van der Waals surface area contributed by atoms with Gasteiger partial charge in [-0.15, -0.1) is 0 Å². The molecule has 120 valence electrons. The molecule has 0 amide bonds. The maximum Gasteiger partial charge on any atom is 0.322 e. The number of aliphatic hydroxyl groups is 1. The van der Waals surface area contributed by atoms with Crippen LogP contribution in [-0.4, -0.2) is 20.4 Å². The second-order valence-electron chi connectivity index (χ2n) is 5.21. The minimum absolute atomic E-state index is 0.0538. The van der Waals surface area contributed by atoms with Crippen LogP contribution in [0, 0.1) is 6.92 Å². The Balaban J connectivity index is 1.83. The fraction of sp³-hybridized carbons (Fsp3) is 0.267. The number of alkyl halides is 2. The summed E-state index contributed by atoms with van der Waals surface area (Å²) in [5.41, 5.74) is 1.72. The van der Waals surface area contributed by atoms with Gasteiger partial charge in [0.1, 0.15) is 6.10 Å². The summed E-state index contributed by atoms with van der Waals surface area (Å²) in [7, 11) is 0. The van der Waals surface area contributed by atoms with Gasteiger partial charge in [-0.1, -0.05) is 34.6 Å². The molecule has 0 bridgehead atoms. The Morgan fingerprint density at radius 1 is 1.13 bits per heavy atom. The van der Waals surface area contributed by atoms with Crippen LogP contribution in [0.1, 0.15) is 35.9 Å². The van der Waals surface area contributed by atoms with E-state index in [0.717, 1.165) is 0 Å². The van der Waals surface area contributed by atoms with Crippen LogP contribution >= 0.6 is 0 Å². The van der Waals surface area contributed by atoms with Crippen LogP contribution in [0.3, 0.4) is 0 Å². The number of benzene rings is 1. The summed E-state index contributed by atoms with van der Waals surface area (Å²) in [6, 6.07) is 8.08. The van der Waals surface area contributed by atoms with Crippen molar-refractivity contribution in [3.8, 4) is 11.4 Å². The second kappa shape index (κ2) is 5.54. The zero-order chi connectivity index (χ0) is 16.6. The van der Waals surface area contributed by atoms with Crippen molar-refractivity contribution >= 4 is 0 Å². The Kier molecular flexibility index (Phi) is 3.69. The summed E-state index contributed by atoms with van der Waals surface area (Å²) >= 11 is 0. The lowest BCUT2D eigenvalue weighted by Gasteiger charge is -2.07. The van der Waals surface area contributed by atoms with Gasteiger partial charge in [-0.25, -0.2) is 0 Å². The minimum atomic E-state index is -3.19. The largest absolute Gasteiger partial charge is 0.380 e. The fourth-order valence-electron chi connectivity index (χ4n) is 2.01. The number of nitrogens with zero attached hydrogens (tertiary/aromatic N) is 3. The highest BCUT2D eigenvalue weighted by Crippen LogP contribution is 2.28. The lowest BCUT2D eigenvalue weighted by molar-refractivity contribution is -0.0158. The van der Waals surface area contributed by atoms with Crippen LogP contribution in [-0.2, 0) is 5.92 Å². The van der Waals surface area contributed by atoms with Gasteiger partial charge in [-0.3, -0.25) is 0 Å². The van der Waals surface area contributed by atoms with Gasteiger partial charge in [-0.05, 0) is 12.5 Å². The fourth-order valence-corrected chi connectivity index (χ4v) is 2.01. The van der Waals surface area contributed by atoms with Crippen LogP contribution in [0.25, 0.3) is 11.4 Å². The van der Waals surface area contributed by atoms with Gasteiger partial charge < -0.3 is 14.2 Å². The molecule has 0 saturated heterocycles. The number of hydrogen-bond donors (Lipinski definition) is 1. The highest BCUT2D eigenvalue weighted by Gasteiger charge is 2.32. The number of rotatable bonds is 4. The molecule has 0 spiro atoms. The summed E-state index contributed by atoms with van der Waals surface area (Å²) < 4.78 is 35.8. The van der Waals surface area contributed by atoms with Gasteiger partial charge in [0.05, 0.1) is 5.69 Å². The topological polar surface area (TPSA) is 85.2 Å².